The Bertz CT molecular complexity index is 1450. The molecule has 38 heavy (non-hydrogen) atoms. The fourth-order valence-corrected chi connectivity index (χ4v) is 4.48. The lowest BCUT2D eigenvalue weighted by Gasteiger charge is -2.36. The maximum atomic E-state index is 13.7. The van der Waals surface area contributed by atoms with E-state index in [1.54, 1.807) is 11.0 Å². The number of fused-ring (bicyclic) bond motifs is 1. The highest BCUT2D eigenvalue weighted by molar-refractivity contribution is 5.94. The number of nitrogens with two attached hydrogens (primary N) is 1. The van der Waals surface area contributed by atoms with E-state index in [4.69, 9.17) is 10.5 Å². The number of ether oxygens (including phenoxy) is 1. The van der Waals surface area contributed by atoms with Crippen LogP contribution >= 0.6 is 0 Å². The lowest BCUT2D eigenvalue weighted by molar-refractivity contribution is -0.137. The third kappa shape index (κ3) is 4.65. The van der Waals surface area contributed by atoms with Crippen molar-refractivity contribution < 1.29 is 28.9 Å². The molecule has 2 fully saturated rings. The molecule has 0 radical (unpaired) electrons. The van der Waals surface area contributed by atoms with Gasteiger partial charge in [-0.05, 0) is 43.4 Å². The zero-order valence-electron chi connectivity index (χ0n) is 20.4. The van der Waals surface area contributed by atoms with Crippen molar-refractivity contribution >= 4 is 28.8 Å². The normalized spacial score (nSPS) is 22.9. The molecule has 1 aromatic carbocycles. The van der Waals surface area contributed by atoms with Crippen LogP contribution in [0.3, 0.4) is 0 Å². The van der Waals surface area contributed by atoms with E-state index in [2.05, 4.69) is 32.1 Å². The van der Waals surface area contributed by atoms with Gasteiger partial charge in [-0.2, -0.15) is 0 Å². The minimum Gasteiger partial charge on any atom is -0.387 e. The summed E-state index contributed by atoms with van der Waals surface area (Å²) in [5.41, 5.74) is 6.72. The summed E-state index contributed by atoms with van der Waals surface area (Å²) >= 11 is 0. The molecule has 4 atom stereocenters. The number of anilines is 1. The Hall–Kier alpha value is -4.12. The molecular weight excluding hydrogens is 497 g/mol. The summed E-state index contributed by atoms with van der Waals surface area (Å²) < 4.78 is 20.6. The van der Waals surface area contributed by atoms with Gasteiger partial charge in [-0.15, -0.1) is 0 Å². The highest BCUT2D eigenvalue weighted by atomic mass is 19.1. The van der Waals surface area contributed by atoms with Crippen molar-refractivity contribution in [3.63, 3.8) is 0 Å². The van der Waals surface area contributed by atoms with Gasteiger partial charge in [0.05, 0.1) is 12.9 Å². The molecule has 1 aliphatic heterocycles. The van der Waals surface area contributed by atoms with Crippen molar-refractivity contribution in [1.29, 1.82) is 0 Å². The molecule has 1 unspecified atom stereocenters. The maximum absolute atomic E-state index is 13.7. The second kappa shape index (κ2) is 10.3. The number of nitrogens with zero attached hydrogens (tertiary/aromatic N) is 5. The first-order valence-corrected chi connectivity index (χ1v) is 12.1. The Morgan fingerprint density at radius 3 is 2.76 bits per heavy atom. The molecule has 2 aliphatic rings. The number of likely N-dealkylation sites (N-methyl/N-ethyl adjacent to an activating group) is 1. The molecule has 2 amide bonds. The first-order valence-electron chi connectivity index (χ1n) is 12.1. The van der Waals surface area contributed by atoms with Crippen LogP contribution in [-0.2, 0) is 9.53 Å². The number of aliphatic hydroxyl groups excluding tert-OH is 2. The van der Waals surface area contributed by atoms with E-state index in [9.17, 15) is 24.2 Å². The predicted octanol–water partition coefficient (Wildman–Crippen LogP) is -0.0408. The number of carbonyl (C=O) groups is 2. The third-order valence-corrected chi connectivity index (χ3v) is 6.76. The monoisotopic (exact) mass is 523 g/mol. The van der Waals surface area contributed by atoms with Crippen LogP contribution in [0, 0.1) is 17.7 Å². The molecule has 0 spiro atoms. The molecule has 5 N–H and O–H groups in total. The fraction of sp³-hybridized carbons (Fsp3) is 0.400. The van der Waals surface area contributed by atoms with E-state index in [1.165, 1.54) is 36.1 Å². The van der Waals surface area contributed by atoms with Crippen molar-refractivity contribution in [2.75, 3.05) is 19.3 Å². The summed E-state index contributed by atoms with van der Waals surface area (Å²) in [6.45, 7) is 0.0744. The molecule has 3 heterocycles. The highest BCUT2D eigenvalue weighted by Crippen LogP contribution is 2.32. The molecule has 1 saturated heterocycles. The number of carbonyl (C=O) groups excluding carboxylic acids is 2. The van der Waals surface area contributed by atoms with Crippen molar-refractivity contribution in [3.8, 4) is 11.8 Å². The van der Waals surface area contributed by atoms with Gasteiger partial charge in [-0.25, -0.2) is 19.3 Å². The fourth-order valence-electron chi connectivity index (χ4n) is 4.48. The molecular formula is C25H26FN7O5. The minimum absolute atomic E-state index is 0.00987. The average Bonchev–Trinajstić information content (AvgIpc) is 3.42. The number of hydrogen-bond acceptors (Lipinski definition) is 9. The van der Waals surface area contributed by atoms with Gasteiger partial charge in [0.2, 0.25) is 5.82 Å². The summed E-state index contributed by atoms with van der Waals surface area (Å²) in [7, 11) is 1.39. The van der Waals surface area contributed by atoms with Gasteiger partial charge in [0.25, 0.3) is 11.8 Å². The molecule has 13 heteroatoms. The minimum atomic E-state index is -1.47. The molecule has 198 valence electrons. The SMILES string of the molecule is CNC(=O)[C@H]1O[C@@H](n2cnc3c(N)nc(C#CCN(C(=O)c4cccc(F)c4)C4CCC4)nc32)C(O)[C@@H]1O. The molecule has 5 rings (SSSR count). The molecule has 3 aromatic rings. The summed E-state index contributed by atoms with van der Waals surface area (Å²) in [5, 5.41) is 23.2. The summed E-state index contributed by atoms with van der Waals surface area (Å²) in [6.07, 6.45) is -1.37. The molecule has 1 saturated carbocycles. The van der Waals surface area contributed by atoms with E-state index < -0.39 is 36.3 Å². The van der Waals surface area contributed by atoms with Crippen LogP contribution in [0.4, 0.5) is 10.2 Å². The molecule has 2 aromatic heterocycles. The third-order valence-electron chi connectivity index (χ3n) is 6.76. The zero-order chi connectivity index (χ0) is 27.0. The number of halogens is 1. The van der Waals surface area contributed by atoms with Crippen molar-refractivity contribution in [2.24, 2.45) is 0 Å². The second-order valence-corrected chi connectivity index (χ2v) is 9.13. The Kier molecular flexibility index (Phi) is 6.94. The second-order valence-electron chi connectivity index (χ2n) is 9.13. The van der Waals surface area contributed by atoms with Gasteiger partial charge < -0.3 is 30.9 Å². The van der Waals surface area contributed by atoms with E-state index in [0.29, 0.717) is 0 Å². The van der Waals surface area contributed by atoms with Crippen LogP contribution in [0.25, 0.3) is 11.2 Å². The van der Waals surface area contributed by atoms with Gasteiger partial charge in [-0.3, -0.25) is 14.2 Å². The topological polar surface area (TPSA) is 169 Å². The van der Waals surface area contributed by atoms with Crippen molar-refractivity contribution in [1.82, 2.24) is 29.7 Å². The zero-order valence-corrected chi connectivity index (χ0v) is 20.4. The summed E-state index contributed by atoms with van der Waals surface area (Å²) in [4.78, 5) is 39.4. The quantitative estimate of drug-likeness (QED) is 0.335. The van der Waals surface area contributed by atoms with Crippen molar-refractivity contribution in [3.05, 3.63) is 47.8 Å². The smallest absolute Gasteiger partial charge is 0.254 e. The number of hydrogen-bond donors (Lipinski definition) is 4. The summed E-state index contributed by atoms with van der Waals surface area (Å²) in [6, 6.07) is 5.54. The van der Waals surface area contributed by atoms with Crippen LogP contribution in [0.5, 0.6) is 0 Å². The van der Waals surface area contributed by atoms with Crippen LogP contribution in [0.2, 0.25) is 0 Å². The average molecular weight is 524 g/mol. The predicted molar refractivity (Wildman–Crippen MR) is 132 cm³/mol. The number of imidazole rings is 1. The maximum Gasteiger partial charge on any atom is 0.254 e. The van der Waals surface area contributed by atoms with Gasteiger partial charge in [0, 0.05) is 18.7 Å². The first kappa shape index (κ1) is 25.5. The molecule has 12 nitrogen and oxygen atoms in total. The summed E-state index contributed by atoms with van der Waals surface area (Å²) in [5.74, 6) is 4.40. The number of rotatable bonds is 5. The number of nitrogens with one attached hydrogen (secondary N) is 1. The van der Waals surface area contributed by atoms with Gasteiger partial charge in [0.1, 0.15) is 23.5 Å². The van der Waals surface area contributed by atoms with Crippen LogP contribution in [-0.4, -0.2) is 84.4 Å². The number of amides is 2. The largest absolute Gasteiger partial charge is 0.387 e. The van der Waals surface area contributed by atoms with E-state index in [0.717, 1.165) is 19.3 Å². The van der Waals surface area contributed by atoms with Gasteiger partial charge >= 0.3 is 0 Å². The highest BCUT2D eigenvalue weighted by Gasteiger charge is 2.47. The van der Waals surface area contributed by atoms with Crippen LogP contribution in [0.15, 0.2) is 30.6 Å². The van der Waals surface area contributed by atoms with Crippen LogP contribution < -0.4 is 11.1 Å². The van der Waals surface area contributed by atoms with Gasteiger partial charge in [-0.1, -0.05) is 12.0 Å². The Balaban J connectivity index is 1.41. The van der Waals surface area contributed by atoms with Gasteiger partial charge in [0.15, 0.2) is 23.8 Å². The Labute approximate surface area is 216 Å². The molecule has 0 bridgehead atoms. The van der Waals surface area contributed by atoms with Crippen LogP contribution in [0.1, 0.15) is 41.7 Å². The number of benzene rings is 1. The lowest BCUT2D eigenvalue weighted by atomic mass is 9.91. The Morgan fingerprint density at radius 1 is 1.29 bits per heavy atom. The number of aromatic nitrogens is 4. The van der Waals surface area contributed by atoms with E-state index in [-0.39, 0.29) is 46.9 Å². The lowest BCUT2D eigenvalue weighted by Crippen LogP contribution is -2.44. The van der Waals surface area contributed by atoms with E-state index >= 15 is 0 Å². The standard InChI is InChI=1S/C25H26FN7O5/c1-28-23(36)20-18(34)19(35)25(38-20)33-12-29-17-21(27)30-16(31-22(17)33)9-4-10-32(15-7-3-8-15)24(37)13-5-2-6-14(26)11-13/h2,5-6,11-12,15,18-20,25,34-35H,3,7-8,10H2,1H3,(H,28,36)(H2,27,30,31)/t18-,19?,20-,25+/m0/s1. The number of nitrogen functional groups attached to an aromatic ring is 1. The van der Waals surface area contributed by atoms with E-state index in [1.807, 2.05) is 0 Å². The van der Waals surface area contributed by atoms with Crippen molar-refractivity contribution in [2.45, 2.75) is 49.8 Å². The Morgan fingerprint density at radius 2 is 2.08 bits per heavy atom. The number of aliphatic hydroxyl groups is 2. The molecule has 1 aliphatic carbocycles. The first-order chi connectivity index (χ1) is 18.3.